The molecule has 0 saturated carbocycles. The molecule has 0 atom stereocenters. The maximum atomic E-state index is 11.7. The largest absolute Gasteiger partial charge is 0.393 e. The summed E-state index contributed by atoms with van der Waals surface area (Å²) in [5.41, 5.74) is 7.29. The van der Waals surface area contributed by atoms with Crippen LogP contribution in [-0.2, 0) is 6.42 Å². The van der Waals surface area contributed by atoms with Gasteiger partial charge in [0.1, 0.15) is 0 Å². The zero-order chi connectivity index (χ0) is 12.7. The van der Waals surface area contributed by atoms with E-state index in [9.17, 15) is 4.79 Å². The summed E-state index contributed by atoms with van der Waals surface area (Å²) < 4.78 is 0. The Morgan fingerprint density at radius 2 is 2.00 bits per heavy atom. The highest BCUT2D eigenvalue weighted by molar-refractivity contribution is 7.80. The van der Waals surface area contributed by atoms with E-state index in [4.69, 9.17) is 18.0 Å². The third-order valence-electron chi connectivity index (χ3n) is 2.51. The highest BCUT2D eigenvalue weighted by atomic mass is 32.1. The highest BCUT2D eigenvalue weighted by Gasteiger charge is 2.03. The van der Waals surface area contributed by atoms with Crippen LogP contribution in [0.2, 0.25) is 0 Å². The molecule has 4 heteroatoms. The quantitative estimate of drug-likeness (QED) is 0.600. The van der Waals surface area contributed by atoms with Crippen LogP contribution >= 0.6 is 12.2 Å². The van der Waals surface area contributed by atoms with Crippen molar-refractivity contribution in [3.05, 3.63) is 35.4 Å². The van der Waals surface area contributed by atoms with Crippen molar-refractivity contribution >= 4 is 23.1 Å². The minimum absolute atomic E-state index is 0.0457. The molecule has 1 amide bonds. The minimum Gasteiger partial charge on any atom is -0.393 e. The Morgan fingerprint density at radius 1 is 1.35 bits per heavy atom. The average molecular weight is 250 g/mol. The monoisotopic (exact) mass is 250 g/mol. The number of benzene rings is 1. The second-order valence-corrected chi connectivity index (χ2v) is 4.40. The molecule has 3 N–H and O–H groups in total. The smallest absolute Gasteiger partial charge is 0.251 e. The number of thiocarbonyl (C=S) groups is 1. The number of nitrogens with two attached hydrogens (primary N) is 1. The zero-order valence-electron chi connectivity index (χ0n) is 10.0. The summed E-state index contributed by atoms with van der Waals surface area (Å²) in [5.74, 6) is -0.0457. The van der Waals surface area contributed by atoms with Gasteiger partial charge in [-0.3, -0.25) is 4.79 Å². The summed E-state index contributed by atoms with van der Waals surface area (Å²) in [6.07, 6.45) is 2.44. The van der Waals surface area contributed by atoms with E-state index in [0.29, 0.717) is 23.5 Å². The summed E-state index contributed by atoms with van der Waals surface area (Å²) in [4.78, 5) is 12.2. The number of rotatable bonds is 6. The van der Waals surface area contributed by atoms with Gasteiger partial charge in [-0.15, -0.1) is 0 Å². The minimum atomic E-state index is -0.0457. The molecule has 0 bridgehead atoms. The van der Waals surface area contributed by atoms with Gasteiger partial charge < -0.3 is 11.1 Å². The maximum Gasteiger partial charge on any atom is 0.251 e. The van der Waals surface area contributed by atoms with E-state index in [1.54, 1.807) is 0 Å². The number of carbonyl (C=O) groups is 1. The Morgan fingerprint density at radius 3 is 2.53 bits per heavy atom. The third-order valence-corrected chi connectivity index (χ3v) is 2.71. The Balaban J connectivity index is 2.38. The van der Waals surface area contributed by atoms with Crippen molar-refractivity contribution in [3.63, 3.8) is 0 Å². The standard InChI is InChI=1S/C13H18N2OS/c1-2-10-5-7-11(8-6-10)13(16)15-9-3-4-12(14)17/h5-8H,2-4,9H2,1H3,(H2,14,17)(H,15,16). The first-order valence-corrected chi connectivity index (χ1v) is 6.19. The lowest BCUT2D eigenvalue weighted by Crippen LogP contribution is -2.25. The van der Waals surface area contributed by atoms with Crippen molar-refractivity contribution in [2.75, 3.05) is 6.54 Å². The normalized spacial score (nSPS) is 9.94. The zero-order valence-corrected chi connectivity index (χ0v) is 10.8. The summed E-state index contributed by atoms with van der Waals surface area (Å²) >= 11 is 4.76. The molecular weight excluding hydrogens is 232 g/mol. The molecular formula is C13H18N2OS. The van der Waals surface area contributed by atoms with Gasteiger partial charge in [-0.25, -0.2) is 0 Å². The van der Waals surface area contributed by atoms with Crippen molar-refractivity contribution < 1.29 is 4.79 Å². The molecule has 0 fully saturated rings. The second kappa shape index (κ2) is 7.01. The fraction of sp³-hybridized carbons (Fsp3) is 0.385. The molecule has 0 unspecified atom stereocenters. The number of aryl methyl sites for hydroxylation is 1. The molecule has 1 aromatic carbocycles. The van der Waals surface area contributed by atoms with Crippen molar-refractivity contribution in [3.8, 4) is 0 Å². The van der Waals surface area contributed by atoms with Gasteiger partial charge in [0.25, 0.3) is 5.91 Å². The van der Waals surface area contributed by atoms with Gasteiger partial charge in [-0.2, -0.15) is 0 Å². The van der Waals surface area contributed by atoms with Gasteiger partial charge in [-0.1, -0.05) is 31.3 Å². The second-order valence-electron chi connectivity index (χ2n) is 3.88. The van der Waals surface area contributed by atoms with Gasteiger partial charge in [0.05, 0.1) is 4.99 Å². The predicted octanol–water partition coefficient (Wildman–Crippen LogP) is 2.05. The van der Waals surface area contributed by atoms with Gasteiger partial charge in [0, 0.05) is 12.1 Å². The summed E-state index contributed by atoms with van der Waals surface area (Å²) in [6, 6.07) is 7.65. The van der Waals surface area contributed by atoms with E-state index in [0.717, 1.165) is 12.8 Å². The molecule has 3 nitrogen and oxygen atoms in total. The molecule has 0 aliphatic rings. The van der Waals surface area contributed by atoms with E-state index in [2.05, 4.69) is 12.2 Å². The van der Waals surface area contributed by atoms with E-state index in [1.165, 1.54) is 5.56 Å². The first kappa shape index (κ1) is 13.6. The Kier molecular flexibility index (Phi) is 5.63. The molecule has 0 aliphatic heterocycles. The molecule has 1 rings (SSSR count). The first-order chi connectivity index (χ1) is 8.13. The van der Waals surface area contributed by atoms with Gasteiger partial charge in [0.2, 0.25) is 0 Å². The van der Waals surface area contributed by atoms with E-state index in [-0.39, 0.29) is 5.91 Å². The van der Waals surface area contributed by atoms with Crippen molar-refractivity contribution in [1.29, 1.82) is 0 Å². The molecule has 0 heterocycles. The summed E-state index contributed by atoms with van der Waals surface area (Å²) in [6.45, 7) is 2.69. The van der Waals surface area contributed by atoms with Crippen LogP contribution in [0.1, 0.15) is 35.7 Å². The van der Waals surface area contributed by atoms with Crippen LogP contribution in [0.25, 0.3) is 0 Å². The van der Waals surface area contributed by atoms with Crippen LogP contribution in [0, 0.1) is 0 Å². The number of hydrogen-bond acceptors (Lipinski definition) is 2. The van der Waals surface area contributed by atoms with Crippen LogP contribution in [0.3, 0.4) is 0 Å². The molecule has 0 aliphatic carbocycles. The van der Waals surface area contributed by atoms with E-state index >= 15 is 0 Å². The highest BCUT2D eigenvalue weighted by Crippen LogP contribution is 2.04. The lowest BCUT2D eigenvalue weighted by molar-refractivity contribution is 0.0953. The Hall–Kier alpha value is -1.42. The van der Waals surface area contributed by atoms with Crippen molar-refractivity contribution in [1.82, 2.24) is 5.32 Å². The number of nitrogens with one attached hydrogen (secondary N) is 1. The molecule has 17 heavy (non-hydrogen) atoms. The number of amides is 1. The molecule has 1 aromatic rings. The van der Waals surface area contributed by atoms with Gasteiger partial charge in [0.15, 0.2) is 0 Å². The van der Waals surface area contributed by atoms with Crippen LogP contribution in [0.15, 0.2) is 24.3 Å². The molecule has 0 spiro atoms. The third kappa shape index (κ3) is 4.95. The summed E-state index contributed by atoms with van der Waals surface area (Å²) in [5, 5.41) is 2.84. The fourth-order valence-corrected chi connectivity index (χ4v) is 1.60. The Labute approximate surface area is 107 Å². The summed E-state index contributed by atoms with van der Waals surface area (Å²) in [7, 11) is 0. The molecule has 0 radical (unpaired) electrons. The fourth-order valence-electron chi connectivity index (χ4n) is 1.46. The molecule has 0 saturated heterocycles. The van der Waals surface area contributed by atoms with E-state index in [1.807, 2.05) is 24.3 Å². The van der Waals surface area contributed by atoms with Crippen LogP contribution < -0.4 is 11.1 Å². The van der Waals surface area contributed by atoms with Crippen molar-refractivity contribution in [2.24, 2.45) is 5.73 Å². The van der Waals surface area contributed by atoms with Crippen molar-refractivity contribution in [2.45, 2.75) is 26.2 Å². The first-order valence-electron chi connectivity index (χ1n) is 5.79. The topological polar surface area (TPSA) is 55.1 Å². The van der Waals surface area contributed by atoms with Gasteiger partial charge >= 0.3 is 0 Å². The van der Waals surface area contributed by atoms with Gasteiger partial charge in [-0.05, 0) is 37.0 Å². The molecule has 0 aromatic heterocycles. The number of carbonyl (C=O) groups excluding carboxylic acids is 1. The lowest BCUT2D eigenvalue weighted by atomic mass is 10.1. The average Bonchev–Trinajstić information content (AvgIpc) is 2.34. The maximum absolute atomic E-state index is 11.7. The lowest BCUT2D eigenvalue weighted by Gasteiger charge is -2.05. The van der Waals surface area contributed by atoms with E-state index < -0.39 is 0 Å². The SMILES string of the molecule is CCc1ccc(C(=O)NCCCC(N)=S)cc1. The van der Waals surface area contributed by atoms with Crippen LogP contribution in [0.4, 0.5) is 0 Å². The molecule has 92 valence electrons. The number of hydrogen-bond donors (Lipinski definition) is 2. The van der Waals surface area contributed by atoms with Crippen LogP contribution in [-0.4, -0.2) is 17.4 Å². The predicted molar refractivity (Wildman–Crippen MR) is 74.2 cm³/mol. The van der Waals surface area contributed by atoms with Crippen LogP contribution in [0.5, 0.6) is 0 Å². The Bertz CT molecular complexity index is 387.